The summed E-state index contributed by atoms with van der Waals surface area (Å²) in [5, 5.41) is 5.05. The van der Waals surface area contributed by atoms with E-state index in [2.05, 4.69) is 17.6 Å². The average Bonchev–Trinajstić information content (AvgIpc) is 2.68. The van der Waals surface area contributed by atoms with E-state index in [-0.39, 0.29) is 25.0 Å². The topological polar surface area (TPSA) is 62.6 Å². The number of rotatable bonds is 8. The molecule has 3 N–H and O–H groups in total. The SMILES string of the molecule is CCc1ccc([C@@H](C)NC(=O)C[NH+](C)CC(=O)Nc2ccc(F)c(F)c2F)cc1. The summed E-state index contributed by atoms with van der Waals surface area (Å²) in [6.07, 6.45) is 0.936. The van der Waals surface area contributed by atoms with Crippen molar-refractivity contribution < 1.29 is 27.7 Å². The quantitative estimate of drug-likeness (QED) is 0.585. The fourth-order valence-corrected chi connectivity index (χ4v) is 2.85. The van der Waals surface area contributed by atoms with Gasteiger partial charge in [0.25, 0.3) is 11.8 Å². The van der Waals surface area contributed by atoms with E-state index in [9.17, 15) is 22.8 Å². The molecule has 29 heavy (non-hydrogen) atoms. The summed E-state index contributed by atoms with van der Waals surface area (Å²) in [7, 11) is 1.63. The van der Waals surface area contributed by atoms with E-state index in [4.69, 9.17) is 0 Å². The minimum absolute atomic E-state index is 0.0189. The van der Waals surface area contributed by atoms with Gasteiger partial charge in [0.15, 0.2) is 30.5 Å². The van der Waals surface area contributed by atoms with Crippen LogP contribution in [-0.2, 0) is 16.0 Å². The average molecular weight is 408 g/mol. The highest BCUT2D eigenvalue weighted by atomic mass is 19.2. The molecule has 0 aromatic heterocycles. The van der Waals surface area contributed by atoms with Crippen molar-refractivity contribution in [3.05, 3.63) is 65.0 Å². The summed E-state index contributed by atoms with van der Waals surface area (Å²) < 4.78 is 39.8. The number of likely N-dealkylation sites (N-methyl/N-ethyl adjacent to an activating group) is 1. The first-order chi connectivity index (χ1) is 13.7. The van der Waals surface area contributed by atoms with E-state index < -0.39 is 29.0 Å². The van der Waals surface area contributed by atoms with Crippen molar-refractivity contribution in [3.8, 4) is 0 Å². The molecule has 0 aliphatic carbocycles. The fraction of sp³-hybridized carbons (Fsp3) is 0.333. The summed E-state index contributed by atoms with van der Waals surface area (Å²) in [6, 6.07) is 9.43. The number of quaternary nitrogens is 1. The van der Waals surface area contributed by atoms with Crippen LogP contribution in [0, 0.1) is 17.5 Å². The molecule has 0 heterocycles. The molecular weight excluding hydrogens is 383 g/mol. The van der Waals surface area contributed by atoms with Crippen LogP contribution < -0.4 is 15.5 Å². The molecule has 0 bridgehead atoms. The summed E-state index contributed by atoms with van der Waals surface area (Å²) >= 11 is 0. The molecule has 156 valence electrons. The van der Waals surface area contributed by atoms with E-state index in [0.29, 0.717) is 4.90 Å². The van der Waals surface area contributed by atoms with Crippen molar-refractivity contribution in [3.63, 3.8) is 0 Å². The van der Waals surface area contributed by atoms with Crippen LogP contribution in [-0.4, -0.2) is 32.0 Å². The van der Waals surface area contributed by atoms with Crippen molar-refractivity contribution in [2.24, 2.45) is 0 Å². The van der Waals surface area contributed by atoms with Gasteiger partial charge in [-0.3, -0.25) is 9.59 Å². The number of halogens is 3. The van der Waals surface area contributed by atoms with Crippen molar-refractivity contribution in [2.45, 2.75) is 26.3 Å². The Hall–Kier alpha value is -2.87. The standard InChI is InChI=1S/C21H24F3N3O2/c1-4-14-5-7-15(8-6-14)13(2)25-18(28)11-27(3)12-19(29)26-17-10-9-16(22)20(23)21(17)24/h5-10,13H,4,11-12H2,1-3H3,(H,25,28)(H,26,29)/p+1/t13-/m1/s1. The first kappa shape index (κ1) is 22.4. The Kier molecular flexibility index (Phi) is 7.78. The Balaban J connectivity index is 1.84. The van der Waals surface area contributed by atoms with E-state index in [1.807, 2.05) is 31.2 Å². The van der Waals surface area contributed by atoms with Crippen LogP contribution >= 0.6 is 0 Å². The normalized spacial score (nSPS) is 12.9. The lowest BCUT2D eigenvalue weighted by molar-refractivity contribution is -0.862. The molecule has 0 aliphatic rings. The van der Waals surface area contributed by atoms with Crippen LogP contribution in [0.3, 0.4) is 0 Å². The number of hydrogen-bond acceptors (Lipinski definition) is 2. The number of nitrogens with one attached hydrogen (secondary N) is 3. The zero-order valence-corrected chi connectivity index (χ0v) is 16.6. The molecule has 2 rings (SSSR count). The maximum Gasteiger partial charge on any atom is 0.279 e. The molecule has 0 saturated heterocycles. The number of benzene rings is 2. The van der Waals surface area contributed by atoms with Gasteiger partial charge in [-0.15, -0.1) is 0 Å². The largest absolute Gasteiger partial charge is 0.345 e. The van der Waals surface area contributed by atoms with Crippen LogP contribution in [0.5, 0.6) is 0 Å². The summed E-state index contributed by atoms with van der Waals surface area (Å²) in [5.41, 5.74) is 1.73. The molecule has 8 heteroatoms. The summed E-state index contributed by atoms with van der Waals surface area (Å²) in [5.74, 6) is -5.32. The van der Waals surface area contributed by atoms with Gasteiger partial charge < -0.3 is 15.5 Å². The minimum Gasteiger partial charge on any atom is -0.345 e. The van der Waals surface area contributed by atoms with Crippen molar-refractivity contribution in [1.82, 2.24) is 5.32 Å². The molecular formula is C21H25F3N3O2+. The lowest BCUT2D eigenvalue weighted by atomic mass is 10.1. The predicted octanol–water partition coefficient (Wildman–Crippen LogP) is 2.00. The molecule has 2 amide bonds. The summed E-state index contributed by atoms with van der Waals surface area (Å²) in [6.45, 7) is 3.80. The second-order valence-corrected chi connectivity index (χ2v) is 6.97. The Morgan fingerprint density at radius 3 is 2.21 bits per heavy atom. The van der Waals surface area contributed by atoms with E-state index in [1.54, 1.807) is 7.05 Å². The Morgan fingerprint density at radius 2 is 1.59 bits per heavy atom. The molecule has 2 atom stereocenters. The Bertz CT molecular complexity index is 872. The monoisotopic (exact) mass is 408 g/mol. The number of hydrogen-bond donors (Lipinski definition) is 3. The minimum atomic E-state index is -1.65. The van der Waals surface area contributed by atoms with Crippen molar-refractivity contribution >= 4 is 17.5 Å². The van der Waals surface area contributed by atoms with Crippen molar-refractivity contribution in [2.75, 3.05) is 25.5 Å². The van der Waals surface area contributed by atoms with E-state index in [0.717, 1.165) is 24.1 Å². The van der Waals surface area contributed by atoms with Crippen LogP contribution in [0.25, 0.3) is 0 Å². The maximum atomic E-state index is 13.6. The molecule has 0 spiro atoms. The maximum absolute atomic E-state index is 13.6. The highest BCUT2D eigenvalue weighted by molar-refractivity contribution is 5.91. The zero-order chi connectivity index (χ0) is 21.6. The predicted molar refractivity (Wildman–Crippen MR) is 104 cm³/mol. The second kappa shape index (κ2) is 10.1. The zero-order valence-electron chi connectivity index (χ0n) is 16.6. The number of carbonyl (C=O) groups excluding carboxylic acids is 2. The van der Waals surface area contributed by atoms with Crippen LogP contribution in [0.4, 0.5) is 18.9 Å². The Labute approximate surface area is 167 Å². The molecule has 0 saturated carbocycles. The third-order valence-electron chi connectivity index (χ3n) is 4.50. The fourth-order valence-electron chi connectivity index (χ4n) is 2.85. The van der Waals surface area contributed by atoms with Gasteiger partial charge in [-0.2, -0.15) is 0 Å². The Morgan fingerprint density at radius 1 is 0.966 bits per heavy atom. The van der Waals surface area contributed by atoms with Gasteiger partial charge >= 0.3 is 0 Å². The molecule has 0 radical (unpaired) electrons. The first-order valence-electron chi connectivity index (χ1n) is 9.34. The highest BCUT2D eigenvalue weighted by Crippen LogP contribution is 2.19. The van der Waals surface area contributed by atoms with Crippen LogP contribution in [0.1, 0.15) is 31.0 Å². The van der Waals surface area contributed by atoms with Gasteiger partial charge in [0, 0.05) is 0 Å². The number of carbonyl (C=O) groups is 2. The molecule has 0 aliphatic heterocycles. The number of amides is 2. The van der Waals surface area contributed by atoms with Gasteiger partial charge in [-0.05, 0) is 36.6 Å². The number of anilines is 1. The lowest BCUT2D eigenvalue weighted by Crippen LogP contribution is -3.11. The van der Waals surface area contributed by atoms with Gasteiger partial charge in [0.2, 0.25) is 0 Å². The third-order valence-corrected chi connectivity index (χ3v) is 4.50. The number of aryl methyl sites for hydroxylation is 1. The van der Waals surface area contributed by atoms with Crippen LogP contribution in [0.15, 0.2) is 36.4 Å². The smallest absolute Gasteiger partial charge is 0.279 e. The molecule has 1 unspecified atom stereocenters. The van der Waals surface area contributed by atoms with Crippen LogP contribution in [0.2, 0.25) is 0 Å². The van der Waals surface area contributed by atoms with Gasteiger partial charge in [0.05, 0.1) is 18.8 Å². The van der Waals surface area contributed by atoms with E-state index >= 15 is 0 Å². The lowest BCUT2D eigenvalue weighted by Gasteiger charge is -2.17. The van der Waals surface area contributed by atoms with Gasteiger partial charge in [0.1, 0.15) is 0 Å². The molecule has 5 nitrogen and oxygen atoms in total. The molecule has 0 fully saturated rings. The van der Waals surface area contributed by atoms with E-state index in [1.165, 1.54) is 5.56 Å². The first-order valence-corrected chi connectivity index (χ1v) is 9.34. The highest BCUT2D eigenvalue weighted by Gasteiger charge is 2.19. The van der Waals surface area contributed by atoms with Gasteiger partial charge in [-0.25, -0.2) is 13.2 Å². The molecule has 2 aromatic carbocycles. The third kappa shape index (κ3) is 6.32. The molecule has 2 aromatic rings. The van der Waals surface area contributed by atoms with Crippen molar-refractivity contribution in [1.29, 1.82) is 0 Å². The van der Waals surface area contributed by atoms with Gasteiger partial charge in [-0.1, -0.05) is 31.2 Å². The summed E-state index contributed by atoms with van der Waals surface area (Å²) in [4.78, 5) is 24.8. The second-order valence-electron chi connectivity index (χ2n) is 6.97.